The molecule has 12 nitrogen and oxygen atoms in total. The number of hydrogen-bond acceptors (Lipinski definition) is 9. The van der Waals surface area contributed by atoms with E-state index in [1.54, 1.807) is 24.5 Å². The van der Waals surface area contributed by atoms with Crippen LogP contribution < -0.4 is 25.4 Å². The number of piperidine rings is 1. The lowest BCUT2D eigenvalue weighted by atomic mass is 9.93. The average molecular weight is 827 g/mol. The molecule has 0 saturated carbocycles. The normalized spacial score (nSPS) is 18.9. The summed E-state index contributed by atoms with van der Waals surface area (Å²) >= 11 is 6.23. The number of halogens is 1. The second kappa shape index (κ2) is 18.1. The Morgan fingerprint density at radius 2 is 1.72 bits per heavy atom. The van der Waals surface area contributed by atoms with E-state index >= 15 is 0 Å². The second-order valence-corrected chi connectivity index (χ2v) is 18.0. The zero-order valence-electron chi connectivity index (χ0n) is 32.8. The highest BCUT2D eigenvalue weighted by Crippen LogP contribution is 2.36. The Morgan fingerprint density at radius 3 is 2.52 bits per heavy atom. The van der Waals surface area contributed by atoms with Crippen molar-refractivity contribution in [2.24, 2.45) is 11.8 Å². The Morgan fingerprint density at radius 1 is 0.914 bits per heavy atom. The van der Waals surface area contributed by atoms with Gasteiger partial charge in [0.2, 0.25) is 0 Å². The minimum Gasteiger partial charge on any atom is -0.455 e. The van der Waals surface area contributed by atoms with Crippen LogP contribution in [0.5, 0.6) is 11.5 Å². The Labute approximate surface area is 345 Å². The maximum absolute atomic E-state index is 13.9. The highest BCUT2D eigenvalue weighted by atomic mass is 35.5. The summed E-state index contributed by atoms with van der Waals surface area (Å²) in [5.41, 5.74) is 8.42. The maximum Gasteiger partial charge on any atom is 0.268 e. The quantitative estimate of drug-likeness (QED) is 0.0992. The van der Waals surface area contributed by atoms with Gasteiger partial charge in [-0.1, -0.05) is 36.6 Å². The van der Waals surface area contributed by atoms with E-state index in [0.29, 0.717) is 35.0 Å². The third kappa shape index (κ3) is 9.61. The van der Waals surface area contributed by atoms with Gasteiger partial charge in [0.15, 0.2) is 5.69 Å². The Bertz CT molecular complexity index is 2310. The van der Waals surface area contributed by atoms with Crippen LogP contribution in [0.4, 0.5) is 17.1 Å². The maximum atomic E-state index is 13.9. The van der Waals surface area contributed by atoms with Crippen LogP contribution >= 0.6 is 11.6 Å². The molecule has 5 heterocycles. The predicted molar refractivity (Wildman–Crippen MR) is 227 cm³/mol. The fourth-order valence-electron chi connectivity index (χ4n) is 8.59. The van der Waals surface area contributed by atoms with Gasteiger partial charge in [-0.15, -0.1) is 0 Å². The molecule has 3 aromatic carbocycles. The summed E-state index contributed by atoms with van der Waals surface area (Å²) in [6.07, 6.45) is 12.3. The molecule has 306 valence electrons. The molecule has 3 fully saturated rings. The van der Waals surface area contributed by atoms with E-state index in [1.807, 2.05) is 36.4 Å². The summed E-state index contributed by atoms with van der Waals surface area (Å²) < 4.78 is 41.4. The van der Waals surface area contributed by atoms with Gasteiger partial charge in [-0.3, -0.25) is 9.69 Å². The largest absolute Gasteiger partial charge is 0.455 e. The molecular weight excluding hydrogens is 774 g/mol. The van der Waals surface area contributed by atoms with Gasteiger partial charge in [0.1, 0.15) is 17.1 Å². The smallest absolute Gasteiger partial charge is 0.268 e. The van der Waals surface area contributed by atoms with Crippen molar-refractivity contribution >= 4 is 55.6 Å². The van der Waals surface area contributed by atoms with Crippen molar-refractivity contribution < 1.29 is 28.4 Å². The molecule has 58 heavy (non-hydrogen) atoms. The van der Waals surface area contributed by atoms with Crippen molar-refractivity contribution in [3.8, 4) is 11.5 Å². The van der Waals surface area contributed by atoms with Crippen LogP contribution in [0.15, 0.2) is 90.1 Å². The Balaban J connectivity index is 0.970. The van der Waals surface area contributed by atoms with Gasteiger partial charge in [0.05, 0.1) is 22.3 Å². The van der Waals surface area contributed by atoms with Crippen molar-refractivity contribution in [3.63, 3.8) is 0 Å². The number of pyridine rings is 1. The molecule has 3 aliphatic rings. The molecule has 6 N–H and O–H groups in total. The topological polar surface area (TPSA) is 157 Å². The van der Waals surface area contributed by atoms with E-state index in [2.05, 4.69) is 47.7 Å². The van der Waals surface area contributed by atoms with Gasteiger partial charge in [0, 0.05) is 79.9 Å². The summed E-state index contributed by atoms with van der Waals surface area (Å²) in [5, 5.41) is 5.02. The van der Waals surface area contributed by atoms with E-state index in [0.717, 1.165) is 99.8 Å². The van der Waals surface area contributed by atoms with E-state index in [9.17, 15) is 13.2 Å². The van der Waals surface area contributed by atoms with Gasteiger partial charge in [-0.2, -0.15) is 0 Å². The van der Waals surface area contributed by atoms with Crippen LogP contribution in [0, 0.1) is 11.8 Å². The van der Waals surface area contributed by atoms with Gasteiger partial charge in [-0.05, 0) is 111 Å². The highest BCUT2D eigenvalue weighted by molar-refractivity contribution is 7.90. The number of carbonyl (C=O) groups is 1. The first kappa shape index (κ1) is 40.1. The zero-order chi connectivity index (χ0) is 40.1. The number of aromatic amines is 1. The molecule has 2 aromatic heterocycles. The lowest BCUT2D eigenvalue weighted by Crippen LogP contribution is -2.42. The molecule has 8 rings (SSSR count). The summed E-state index contributed by atoms with van der Waals surface area (Å²) in [4.78, 5) is 26.4. The van der Waals surface area contributed by atoms with Gasteiger partial charge < -0.3 is 30.4 Å². The first-order chi connectivity index (χ1) is 28.2. The van der Waals surface area contributed by atoms with Crippen molar-refractivity contribution in [3.05, 3.63) is 101 Å². The number of sulfonamides is 1. The molecule has 0 bridgehead atoms. The Hall–Kier alpha value is -4.66. The lowest BCUT2D eigenvalue weighted by Gasteiger charge is -2.38. The summed E-state index contributed by atoms with van der Waals surface area (Å²) in [7, 11) is -4.24. The zero-order valence-corrected chi connectivity index (χ0v) is 34.4. The number of amides is 1. The molecular formula is C44H53ClN7O5S+. The molecule has 3 saturated heterocycles. The van der Waals surface area contributed by atoms with Crippen molar-refractivity contribution in [1.82, 2.24) is 19.6 Å². The number of hydrogen-bond donors (Lipinski definition) is 4. The highest BCUT2D eigenvalue weighted by Gasteiger charge is 2.29. The van der Waals surface area contributed by atoms with Crippen LogP contribution in [0.25, 0.3) is 11.0 Å². The van der Waals surface area contributed by atoms with Gasteiger partial charge in [0.25, 0.3) is 15.9 Å². The molecule has 1 unspecified atom stereocenters. The fourth-order valence-corrected chi connectivity index (χ4v) is 9.73. The first-order valence-corrected chi connectivity index (χ1v) is 22.4. The molecule has 14 heteroatoms. The SMILES string of the molecule is [NH3+]c1cc(S(=O)(=O)NC(=O)c2ccc(N3CCC(CN4CCCCCC4c4ccc(Cl)cc4)CC3)cc2Oc2cnc3[nH]ccc3c2)ccc1NCC1CCOCC1. The number of carbonyl (C=O) groups excluding carboxylic acids is 1. The number of quaternary nitrogens is 1. The number of fused-ring (bicyclic) bond motifs is 1. The van der Waals surface area contributed by atoms with Crippen molar-refractivity contribution in [2.45, 2.75) is 62.3 Å². The van der Waals surface area contributed by atoms with Crippen LogP contribution in [0.1, 0.15) is 73.3 Å². The molecule has 1 amide bonds. The fraction of sp³-hybridized carbons (Fsp3) is 0.409. The number of aromatic nitrogens is 2. The number of ether oxygens (including phenoxy) is 2. The number of rotatable bonds is 12. The average Bonchev–Trinajstić information content (AvgIpc) is 3.58. The molecule has 3 aliphatic heterocycles. The molecule has 0 radical (unpaired) electrons. The van der Waals surface area contributed by atoms with E-state index in [-0.39, 0.29) is 16.2 Å². The lowest BCUT2D eigenvalue weighted by molar-refractivity contribution is -0.253. The van der Waals surface area contributed by atoms with Crippen LogP contribution in [0.3, 0.4) is 0 Å². The number of nitrogens with zero attached hydrogens (tertiary/aromatic N) is 3. The molecule has 0 spiro atoms. The standard InChI is InChI=1S/C44H52ClN7O5S/c45-34-7-5-32(6-8-34)41-4-2-1-3-19-52(41)29-31-14-20-51(21-15-31)35-9-11-38(42(25-35)57-36-24-33-13-18-47-43(33)49-28-36)44(53)50-58(54,55)37-10-12-40(39(46)26-37)48-27-30-16-22-56-23-17-30/h5-13,18,24-26,28,30-31,41,48H,1-4,14-17,19-23,27,29,46H2,(H,47,49)(H,50,53)/p+1. The van der Waals surface area contributed by atoms with Crippen molar-refractivity contribution in [1.29, 1.82) is 0 Å². The summed E-state index contributed by atoms with van der Waals surface area (Å²) in [6, 6.07) is 22.5. The number of H-pyrrole nitrogens is 1. The minimum absolute atomic E-state index is 0.0498. The van der Waals surface area contributed by atoms with Gasteiger partial charge >= 0.3 is 0 Å². The number of nitrogens with one attached hydrogen (secondary N) is 3. The first-order valence-electron chi connectivity index (χ1n) is 20.5. The van der Waals surface area contributed by atoms with Crippen molar-refractivity contribution in [2.75, 3.05) is 56.2 Å². The number of likely N-dealkylation sites (tertiary alicyclic amines) is 1. The number of anilines is 2. The van der Waals surface area contributed by atoms with Crippen LogP contribution in [-0.4, -0.2) is 75.1 Å². The third-order valence-electron chi connectivity index (χ3n) is 11.9. The molecule has 1 atom stereocenters. The van der Waals surface area contributed by atoms with E-state index in [1.165, 1.54) is 37.0 Å². The van der Waals surface area contributed by atoms with Crippen LogP contribution in [-0.2, 0) is 14.8 Å². The monoisotopic (exact) mass is 826 g/mol. The molecule has 5 aromatic rings. The number of benzene rings is 3. The molecule has 0 aliphatic carbocycles. The van der Waals surface area contributed by atoms with Crippen LogP contribution in [0.2, 0.25) is 5.02 Å². The second-order valence-electron chi connectivity index (χ2n) is 15.9. The summed E-state index contributed by atoms with van der Waals surface area (Å²) in [5.74, 6) is 0.915. The van der Waals surface area contributed by atoms with Gasteiger partial charge in [-0.25, -0.2) is 18.1 Å². The minimum atomic E-state index is -4.24. The van der Waals surface area contributed by atoms with E-state index in [4.69, 9.17) is 21.1 Å². The Kier molecular flexibility index (Phi) is 12.5. The third-order valence-corrected chi connectivity index (χ3v) is 13.5. The van der Waals surface area contributed by atoms with E-state index < -0.39 is 15.9 Å². The predicted octanol–water partition coefficient (Wildman–Crippen LogP) is 7.67. The summed E-state index contributed by atoms with van der Waals surface area (Å²) in [6.45, 7) is 6.12.